The molecule has 0 spiro atoms. The normalized spacial score (nSPS) is 29.8. The van der Waals surface area contributed by atoms with Crippen molar-refractivity contribution >= 4 is 5.91 Å². The highest BCUT2D eigenvalue weighted by molar-refractivity contribution is 5.79. The number of nitrogens with one attached hydrogen (secondary N) is 2. The number of amides is 1. The maximum atomic E-state index is 12.4. The highest BCUT2D eigenvalue weighted by Gasteiger charge is 2.28. The van der Waals surface area contributed by atoms with Crippen LogP contribution in [-0.4, -0.2) is 25.0 Å². The molecule has 1 aromatic carbocycles. The highest BCUT2D eigenvalue weighted by Crippen LogP contribution is 2.35. The summed E-state index contributed by atoms with van der Waals surface area (Å²) in [6, 6.07) is 11.1. The van der Waals surface area contributed by atoms with E-state index in [1.165, 1.54) is 12.0 Å². The Labute approximate surface area is 127 Å². The third-order valence-corrected chi connectivity index (χ3v) is 5.01. The van der Waals surface area contributed by atoms with Gasteiger partial charge in [-0.1, -0.05) is 30.3 Å². The molecule has 1 heterocycles. The molecule has 1 atom stereocenters. The van der Waals surface area contributed by atoms with E-state index in [9.17, 15) is 4.79 Å². The van der Waals surface area contributed by atoms with Gasteiger partial charge in [0.2, 0.25) is 5.91 Å². The average molecular weight is 286 g/mol. The summed E-state index contributed by atoms with van der Waals surface area (Å²) in [5.41, 5.74) is 1.44. The molecule has 3 rings (SSSR count). The lowest BCUT2D eigenvalue weighted by molar-refractivity contribution is -0.126. The number of benzene rings is 1. The van der Waals surface area contributed by atoms with Crippen molar-refractivity contribution < 1.29 is 4.79 Å². The maximum Gasteiger partial charge on any atom is 0.223 e. The van der Waals surface area contributed by atoms with Gasteiger partial charge in [-0.25, -0.2) is 0 Å². The number of hydrogen-bond donors (Lipinski definition) is 2. The second-order valence-corrected chi connectivity index (χ2v) is 6.51. The Morgan fingerprint density at radius 1 is 1.05 bits per heavy atom. The van der Waals surface area contributed by atoms with E-state index in [0.717, 1.165) is 45.2 Å². The molecule has 3 nitrogen and oxygen atoms in total. The van der Waals surface area contributed by atoms with Gasteiger partial charge in [0.05, 0.1) is 0 Å². The number of carbonyl (C=O) groups excluding carboxylic acids is 1. The second-order valence-electron chi connectivity index (χ2n) is 6.51. The minimum atomic E-state index is 0.229. The van der Waals surface area contributed by atoms with Crippen LogP contribution in [-0.2, 0) is 4.79 Å². The summed E-state index contributed by atoms with van der Waals surface area (Å²) < 4.78 is 0. The first-order chi connectivity index (χ1) is 10.3. The fraction of sp³-hybridized carbons (Fsp3) is 0.611. The van der Waals surface area contributed by atoms with Gasteiger partial charge < -0.3 is 10.6 Å². The van der Waals surface area contributed by atoms with Crippen LogP contribution in [0.1, 0.15) is 50.0 Å². The van der Waals surface area contributed by atoms with Gasteiger partial charge in [-0.2, -0.15) is 0 Å². The highest BCUT2D eigenvalue weighted by atomic mass is 16.1. The molecule has 2 fully saturated rings. The van der Waals surface area contributed by atoms with E-state index >= 15 is 0 Å². The molecule has 1 aromatic rings. The minimum Gasteiger partial charge on any atom is -0.352 e. The molecule has 1 aliphatic carbocycles. The Balaban J connectivity index is 1.47. The Morgan fingerprint density at radius 2 is 1.81 bits per heavy atom. The number of hydrogen-bond acceptors (Lipinski definition) is 2. The third-order valence-electron chi connectivity index (χ3n) is 5.01. The summed E-state index contributed by atoms with van der Waals surface area (Å²) in [6.45, 7) is 2.03. The van der Waals surface area contributed by atoms with Crippen molar-refractivity contribution in [3.8, 4) is 0 Å². The second kappa shape index (κ2) is 7.08. The monoisotopic (exact) mass is 286 g/mol. The number of piperidine rings is 1. The van der Waals surface area contributed by atoms with Gasteiger partial charge in [0, 0.05) is 18.5 Å². The molecule has 1 aliphatic heterocycles. The maximum absolute atomic E-state index is 12.4. The molecule has 0 aromatic heterocycles. The summed E-state index contributed by atoms with van der Waals surface area (Å²) in [5.74, 6) is 1.16. The van der Waals surface area contributed by atoms with Crippen LogP contribution < -0.4 is 10.6 Å². The topological polar surface area (TPSA) is 41.1 Å². The van der Waals surface area contributed by atoms with Crippen LogP contribution >= 0.6 is 0 Å². The first-order valence-electron chi connectivity index (χ1n) is 8.39. The van der Waals surface area contributed by atoms with Gasteiger partial charge in [-0.15, -0.1) is 0 Å². The zero-order chi connectivity index (χ0) is 14.5. The van der Waals surface area contributed by atoms with Gasteiger partial charge in [0.15, 0.2) is 0 Å². The van der Waals surface area contributed by atoms with Crippen molar-refractivity contribution in [3.05, 3.63) is 35.9 Å². The van der Waals surface area contributed by atoms with Crippen molar-refractivity contribution in [1.29, 1.82) is 0 Å². The van der Waals surface area contributed by atoms with E-state index in [0.29, 0.717) is 12.0 Å². The van der Waals surface area contributed by atoms with Crippen molar-refractivity contribution in [2.45, 2.75) is 50.5 Å². The number of carbonyl (C=O) groups is 1. The first-order valence-corrected chi connectivity index (χ1v) is 8.39. The lowest BCUT2D eigenvalue weighted by atomic mass is 9.78. The van der Waals surface area contributed by atoms with E-state index in [1.807, 2.05) is 0 Å². The van der Waals surface area contributed by atoms with Crippen LogP contribution in [0.2, 0.25) is 0 Å². The Kier molecular flexibility index (Phi) is 4.91. The molecular weight excluding hydrogens is 260 g/mol. The quantitative estimate of drug-likeness (QED) is 0.897. The fourth-order valence-corrected chi connectivity index (χ4v) is 3.71. The standard InChI is InChI=1S/C18H26N2O/c21-18(20-17-7-4-12-19-13-17)16-10-8-15(9-11-16)14-5-2-1-3-6-14/h1-3,5-6,15-17,19H,4,7-13H2,(H,20,21)/t15?,16?,17-/m0/s1. The molecule has 1 saturated carbocycles. The van der Waals surface area contributed by atoms with Crippen LogP contribution in [0, 0.1) is 5.92 Å². The number of rotatable bonds is 3. The van der Waals surface area contributed by atoms with Crippen LogP contribution in [0.3, 0.4) is 0 Å². The van der Waals surface area contributed by atoms with Gasteiger partial charge >= 0.3 is 0 Å². The third kappa shape index (κ3) is 3.85. The summed E-state index contributed by atoms with van der Waals surface area (Å²) in [7, 11) is 0. The zero-order valence-corrected chi connectivity index (χ0v) is 12.7. The fourth-order valence-electron chi connectivity index (χ4n) is 3.71. The Hall–Kier alpha value is -1.35. The smallest absolute Gasteiger partial charge is 0.223 e. The average Bonchev–Trinajstić information content (AvgIpc) is 2.57. The molecule has 3 heteroatoms. The zero-order valence-electron chi connectivity index (χ0n) is 12.7. The van der Waals surface area contributed by atoms with Crippen LogP contribution in [0.15, 0.2) is 30.3 Å². The van der Waals surface area contributed by atoms with Crippen LogP contribution in [0.25, 0.3) is 0 Å². The SMILES string of the molecule is O=C(N[C@H]1CCCNC1)C1CCC(c2ccccc2)CC1. The molecule has 114 valence electrons. The van der Waals surface area contributed by atoms with Gasteiger partial charge in [-0.05, 0) is 56.6 Å². The van der Waals surface area contributed by atoms with Crippen molar-refractivity contribution in [1.82, 2.24) is 10.6 Å². The molecule has 1 saturated heterocycles. The predicted molar refractivity (Wildman–Crippen MR) is 85.2 cm³/mol. The molecule has 2 aliphatic rings. The van der Waals surface area contributed by atoms with Crippen molar-refractivity contribution in [3.63, 3.8) is 0 Å². The molecule has 0 radical (unpaired) electrons. The van der Waals surface area contributed by atoms with Gasteiger partial charge in [0.25, 0.3) is 0 Å². The molecule has 0 bridgehead atoms. The molecule has 1 amide bonds. The molecule has 2 N–H and O–H groups in total. The van der Waals surface area contributed by atoms with Gasteiger partial charge in [0.1, 0.15) is 0 Å². The van der Waals surface area contributed by atoms with Gasteiger partial charge in [-0.3, -0.25) is 4.79 Å². The van der Waals surface area contributed by atoms with Crippen molar-refractivity contribution in [2.75, 3.05) is 13.1 Å². The van der Waals surface area contributed by atoms with Crippen LogP contribution in [0.5, 0.6) is 0 Å². The Morgan fingerprint density at radius 3 is 2.48 bits per heavy atom. The van der Waals surface area contributed by atoms with Crippen molar-refractivity contribution in [2.24, 2.45) is 5.92 Å². The molecule has 0 unspecified atom stereocenters. The minimum absolute atomic E-state index is 0.229. The van der Waals surface area contributed by atoms with E-state index in [1.54, 1.807) is 0 Å². The van der Waals surface area contributed by atoms with Crippen LogP contribution in [0.4, 0.5) is 0 Å². The summed E-state index contributed by atoms with van der Waals surface area (Å²) in [6.07, 6.45) is 6.65. The summed E-state index contributed by atoms with van der Waals surface area (Å²) in [4.78, 5) is 12.4. The lowest BCUT2D eigenvalue weighted by Crippen LogP contribution is -2.47. The Bertz CT molecular complexity index is 446. The predicted octanol–water partition coefficient (Wildman–Crippen LogP) is 2.83. The van der Waals surface area contributed by atoms with E-state index in [-0.39, 0.29) is 11.8 Å². The summed E-state index contributed by atoms with van der Waals surface area (Å²) >= 11 is 0. The first kappa shape index (κ1) is 14.6. The molecule has 21 heavy (non-hydrogen) atoms. The van der Waals surface area contributed by atoms with E-state index in [2.05, 4.69) is 41.0 Å². The lowest BCUT2D eigenvalue weighted by Gasteiger charge is -2.30. The summed E-state index contributed by atoms with van der Waals surface area (Å²) in [5, 5.41) is 6.60. The molecular formula is C18H26N2O. The van der Waals surface area contributed by atoms with E-state index < -0.39 is 0 Å². The largest absolute Gasteiger partial charge is 0.352 e. The van der Waals surface area contributed by atoms with E-state index in [4.69, 9.17) is 0 Å².